The van der Waals surface area contributed by atoms with Gasteiger partial charge in [-0.25, -0.2) is 14.6 Å². The summed E-state index contributed by atoms with van der Waals surface area (Å²) >= 11 is 1.19. The maximum absolute atomic E-state index is 13.8. The zero-order chi connectivity index (χ0) is 28.4. The van der Waals surface area contributed by atoms with Crippen LogP contribution in [0.4, 0.5) is 0 Å². The van der Waals surface area contributed by atoms with E-state index in [4.69, 9.17) is 18.6 Å². The second kappa shape index (κ2) is 11.2. The number of thiazole rings is 1. The van der Waals surface area contributed by atoms with Crippen molar-refractivity contribution in [3.05, 3.63) is 109 Å². The van der Waals surface area contributed by atoms with Gasteiger partial charge in [0, 0.05) is 11.6 Å². The molecule has 40 heavy (non-hydrogen) atoms. The van der Waals surface area contributed by atoms with Gasteiger partial charge in [-0.2, -0.15) is 0 Å². The lowest BCUT2D eigenvalue weighted by molar-refractivity contribution is -0.139. The predicted octanol–water partition coefficient (Wildman–Crippen LogP) is 3.85. The van der Waals surface area contributed by atoms with Crippen LogP contribution in [-0.4, -0.2) is 37.3 Å². The summed E-state index contributed by atoms with van der Waals surface area (Å²) in [4.78, 5) is 44.1. The lowest BCUT2D eigenvalue weighted by Gasteiger charge is -2.24. The third-order valence-electron chi connectivity index (χ3n) is 6.42. The van der Waals surface area contributed by atoms with Crippen molar-refractivity contribution in [2.75, 3.05) is 20.8 Å². The van der Waals surface area contributed by atoms with Gasteiger partial charge in [-0.05, 0) is 49.7 Å². The minimum Gasteiger partial charge on any atom is -0.497 e. The van der Waals surface area contributed by atoms with Crippen molar-refractivity contribution in [2.45, 2.75) is 19.9 Å². The fourth-order valence-corrected chi connectivity index (χ4v) is 5.64. The number of methoxy groups -OCH3 is 2. The Balaban J connectivity index is 1.63. The largest absolute Gasteiger partial charge is 0.497 e. The van der Waals surface area contributed by atoms with E-state index >= 15 is 0 Å². The van der Waals surface area contributed by atoms with Crippen LogP contribution in [0.3, 0.4) is 0 Å². The molecule has 4 aromatic rings. The van der Waals surface area contributed by atoms with Crippen molar-refractivity contribution in [1.82, 2.24) is 4.57 Å². The average molecular weight is 559 g/mol. The molecule has 1 atom stereocenters. The van der Waals surface area contributed by atoms with Crippen molar-refractivity contribution >= 4 is 29.4 Å². The minimum absolute atomic E-state index is 0.185. The molecule has 0 spiro atoms. The molecule has 0 fully saturated rings. The van der Waals surface area contributed by atoms with E-state index in [1.807, 2.05) is 6.07 Å². The van der Waals surface area contributed by atoms with Gasteiger partial charge in [-0.1, -0.05) is 41.7 Å². The highest BCUT2D eigenvalue weighted by atomic mass is 32.1. The fourth-order valence-electron chi connectivity index (χ4n) is 4.61. The maximum atomic E-state index is 13.8. The number of nitrogens with zero attached hydrogens (tertiary/aromatic N) is 2. The van der Waals surface area contributed by atoms with E-state index in [9.17, 15) is 14.4 Å². The lowest BCUT2D eigenvalue weighted by Crippen LogP contribution is -2.39. The number of esters is 2. The van der Waals surface area contributed by atoms with Gasteiger partial charge in [0.05, 0.1) is 48.2 Å². The molecule has 10 heteroatoms. The number of furan rings is 1. The van der Waals surface area contributed by atoms with Gasteiger partial charge < -0.3 is 18.6 Å². The first-order valence-corrected chi connectivity index (χ1v) is 13.3. The Morgan fingerprint density at radius 3 is 2.62 bits per heavy atom. The van der Waals surface area contributed by atoms with Crippen LogP contribution in [0.1, 0.15) is 41.6 Å². The monoisotopic (exact) mass is 558 g/mol. The van der Waals surface area contributed by atoms with Crippen molar-refractivity contribution in [1.29, 1.82) is 0 Å². The Kier molecular flexibility index (Phi) is 7.52. The number of rotatable bonds is 7. The Bertz CT molecular complexity index is 1830. The van der Waals surface area contributed by atoms with Crippen LogP contribution in [0.5, 0.6) is 5.75 Å². The first-order valence-electron chi connectivity index (χ1n) is 12.5. The number of hydrogen-bond acceptors (Lipinski definition) is 9. The van der Waals surface area contributed by atoms with Crippen molar-refractivity contribution < 1.29 is 28.2 Å². The van der Waals surface area contributed by atoms with Crippen LogP contribution in [0.25, 0.3) is 17.4 Å². The summed E-state index contributed by atoms with van der Waals surface area (Å²) in [6, 6.07) is 16.9. The van der Waals surface area contributed by atoms with Crippen LogP contribution in [0.15, 0.2) is 86.1 Å². The molecule has 1 aliphatic heterocycles. The van der Waals surface area contributed by atoms with E-state index in [0.717, 1.165) is 0 Å². The van der Waals surface area contributed by atoms with Crippen molar-refractivity contribution in [3.8, 4) is 17.1 Å². The van der Waals surface area contributed by atoms with Crippen molar-refractivity contribution in [2.24, 2.45) is 4.99 Å². The molecule has 0 aliphatic carbocycles. The van der Waals surface area contributed by atoms with E-state index in [-0.39, 0.29) is 17.7 Å². The normalized spacial score (nSPS) is 14.9. The molecule has 204 valence electrons. The molecule has 0 unspecified atom stereocenters. The Morgan fingerprint density at radius 2 is 1.88 bits per heavy atom. The Labute approximate surface area is 233 Å². The summed E-state index contributed by atoms with van der Waals surface area (Å²) < 4.78 is 23.5. The average Bonchev–Trinajstić information content (AvgIpc) is 3.56. The highest BCUT2D eigenvalue weighted by Gasteiger charge is 2.33. The topological polar surface area (TPSA) is 109 Å². The zero-order valence-electron chi connectivity index (χ0n) is 22.3. The number of carbonyl (C=O) groups excluding carboxylic acids is 2. The van der Waals surface area contributed by atoms with E-state index in [2.05, 4.69) is 4.99 Å². The number of ether oxygens (including phenoxy) is 3. The van der Waals surface area contributed by atoms with Gasteiger partial charge >= 0.3 is 11.9 Å². The number of hydrogen-bond donors (Lipinski definition) is 0. The molecule has 0 amide bonds. The molecule has 0 saturated heterocycles. The molecule has 1 aliphatic rings. The number of benzene rings is 2. The highest BCUT2D eigenvalue weighted by molar-refractivity contribution is 7.07. The molecule has 9 nitrogen and oxygen atoms in total. The van der Waals surface area contributed by atoms with Gasteiger partial charge in [0.25, 0.3) is 5.56 Å². The van der Waals surface area contributed by atoms with E-state index in [1.54, 1.807) is 81.6 Å². The summed E-state index contributed by atoms with van der Waals surface area (Å²) in [5.74, 6) is 0.444. The summed E-state index contributed by atoms with van der Waals surface area (Å²) in [6.07, 6.45) is 1.63. The molecule has 0 N–H and O–H groups in total. The van der Waals surface area contributed by atoms with Crippen LogP contribution in [0, 0.1) is 0 Å². The third kappa shape index (κ3) is 4.89. The quantitative estimate of drug-likeness (QED) is 0.317. The number of aromatic nitrogens is 1. The third-order valence-corrected chi connectivity index (χ3v) is 7.41. The van der Waals surface area contributed by atoms with Gasteiger partial charge in [-0.3, -0.25) is 9.36 Å². The second-order valence-corrected chi connectivity index (χ2v) is 9.83. The first kappa shape index (κ1) is 26.9. The minimum atomic E-state index is -0.758. The standard InChI is InChI=1S/C30H26N2O7S/c1-5-38-29(35)25-17(2)31-30-32(26(25)18-9-8-10-19(15-18)36-3)27(33)24(40-30)16-20-13-14-23(39-20)21-11-6-7-12-22(21)28(34)37-4/h6-16,26H,5H2,1-4H3/b24-16-/t26-/m1/s1. The molecule has 3 heterocycles. The smallest absolute Gasteiger partial charge is 0.338 e. The highest BCUT2D eigenvalue weighted by Crippen LogP contribution is 2.32. The zero-order valence-corrected chi connectivity index (χ0v) is 23.1. The fraction of sp³-hybridized carbons (Fsp3) is 0.200. The molecular weight excluding hydrogens is 532 g/mol. The van der Waals surface area contributed by atoms with Gasteiger partial charge in [0.1, 0.15) is 17.3 Å². The number of allylic oxidation sites excluding steroid dienone is 1. The van der Waals surface area contributed by atoms with E-state index < -0.39 is 18.0 Å². The molecule has 2 aromatic carbocycles. The molecular formula is C30H26N2O7S. The molecule has 5 rings (SSSR count). The SMILES string of the molecule is CCOC(=O)C1=C(C)N=c2s/c(=C\c3ccc(-c4ccccc4C(=O)OC)o3)c(=O)n2[C@@H]1c1cccc(OC)c1. The van der Waals surface area contributed by atoms with Gasteiger partial charge in [0.15, 0.2) is 4.80 Å². The molecule has 0 radical (unpaired) electrons. The number of fused-ring (bicyclic) bond motifs is 1. The van der Waals surface area contributed by atoms with Crippen LogP contribution in [0.2, 0.25) is 0 Å². The molecule has 2 aromatic heterocycles. The Morgan fingerprint density at radius 1 is 1.07 bits per heavy atom. The summed E-state index contributed by atoms with van der Waals surface area (Å²) in [5.41, 5.74) is 2.05. The second-order valence-electron chi connectivity index (χ2n) is 8.82. The molecule has 0 saturated carbocycles. The summed E-state index contributed by atoms with van der Waals surface area (Å²) in [6.45, 7) is 3.64. The van der Waals surface area contributed by atoms with Gasteiger partial charge in [0.2, 0.25) is 0 Å². The van der Waals surface area contributed by atoms with Crippen LogP contribution >= 0.6 is 11.3 Å². The van der Waals surface area contributed by atoms with E-state index in [1.165, 1.54) is 23.0 Å². The molecule has 0 bridgehead atoms. The van der Waals surface area contributed by atoms with Gasteiger partial charge in [-0.15, -0.1) is 0 Å². The summed E-state index contributed by atoms with van der Waals surface area (Å²) in [7, 11) is 2.87. The van der Waals surface area contributed by atoms with Crippen LogP contribution < -0.4 is 19.6 Å². The maximum Gasteiger partial charge on any atom is 0.338 e. The lowest BCUT2D eigenvalue weighted by atomic mass is 9.95. The van der Waals surface area contributed by atoms with Crippen LogP contribution in [-0.2, 0) is 14.3 Å². The summed E-state index contributed by atoms with van der Waals surface area (Å²) in [5, 5.41) is 0. The Hall–Kier alpha value is -4.70. The predicted molar refractivity (Wildman–Crippen MR) is 149 cm³/mol. The van der Waals surface area contributed by atoms with Crippen molar-refractivity contribution in [3.63, 3.8) is 0 Å². The first-order chi connectivity index (χ1) is 19.4. The number of carbonyl (C=O) groups is 2. The van der Waals surface area contributed by atoms with E-state index in [0.29, 0.717) is 49.0 Å².